The van der Waals surface area contributed by atoms with Gasteiger partial charge < -0.3 is 10.4 Å². The van der Waals surface area contributed by atoms with E-state index in [0.29, 0.717) is 6.07 Å². The van der Waals surface area contributed by atoms with Crippen molar-refractivity contribution in [1.82, 2.24) is 5.32 Å². The summed E-state index contributed by atoms with van der Waals surface area (Å²) >= 11 is 0. The van der Waals surface area contributed by atoms with Crippen LogP contribution in [0.4, 0.5) is 8.78 Å². The minimum Gasteiger partial charge on any atom is -0.481 e. The second-order valence-electron chi connectivity index (χ2n) is 3.10. The highest BCUT2D eigenvalue weighted by molar-refractivity contribution is 5.68. The van der Waals surface area contributed by atoms with Gasteiger partial charge in [0.2, 0.25) is 6.41 Å². The summed E-state index contributed by atoms with van der Waals surface area (Å²) in [6, 6.07) is 1.74. The predicted octanol–water partition coefficient (Wildman–Crippen LogP) is 1.23. The third-order valence-electron chi connectivity index (χ3n) is 1.99. The molecule has 0 heterocycles. The fraction of sp³-hybridized carbons (Fsp3) is 0.200. The van der Waals surface area contributed by atoms with Gasteiger partial charge in [-0.25, -0.2) is 8.78 Å². The summed E-state index contributed by atoms with van der Waals surface area (Å²) < 4.78 is 25.9. The molecule has 0 aliphatic carbocycles. The van der Waals surface area contributed by atoms with Crippen LogP contribution in [0.15, 0.2) is 18.2 Å². The lowest BCUT2D eigenvalue weighted by atomic mass is 10.0. The fourth-order valence-corrected chi connectivity index (χ4v) is 1.30. The first-order chi connectivity index (χ1) is 7.54. The summed E-state index contributed by atoms with van der Waals surface area (Å²) in [5.41, 5.74) is -0.0594. The molecule has 4 nitrogen and oxygen atoms in total. The van der Waals surface area contributed by atoms with Crippen molar-refractivity contribution < 1.29 is 23.5 Å². The molecule has 0 saturated carbocycles. The molecule has 1 aromatic carbocycles. The van der Waals surface area contributed by atoms with Crippen LogP contribution in [0.5, 0.6) is 0 Å². The second-order valence-corrected chi connectivity index (χ2v) is 3.10. The van der Waals surface area contributed by atoms with Crippen molar-refractivity contribution in [2.75, 3.05) is 0 Å². The number of rotatable bonds is 5. The molecule has 0 aliphatic rings. The standard InChI is InChI=1S/C10H9F2NO3/c11-6-1-2-7(8(12)3-6)9(13-5-14)4-10(15)16/h1-3,5,9H,4H2,(H,13,14)(H,15,16). The van der Waals surface area contributed by atoms with Crippen LogP contribution in [0.2, 0.25) is 0 Å². The molecule has 1 atom stereocenters. The summed E-state index contributed by atoms with van der Waals surface area (Å²) in [6.45, 7) is 0. The van der Waals surface area contributed by atoms with E-state index < -0.39 is 30.1 Å². The smallest absolute Gasteiger partial charge is 0.305 e. The molecule has 16 heavy (non-hydrogen) atoms. The molecular weight excluding hydrogens is 220 g/mol. The highest BCUT2D eigenvalue weighted by Gasteiger charge is 2.18. The Morgan fingerprint density at radius 2 is 2.19 bits per heavy atom. The zero-order chi connectivity index (χ0) is 12.1. The number of nitrogens with one attached hydrogen (secondary N) is 1. The molecule has 0 spiro atoms. The Kier molecular flexibility index (Phi) is 3.93. The Bertz CT molecular complexity index is 409. The topological polar surface area (TPSA) is 66.4 Å². The lowest BCUT2D eigenvalue weighted by molar-refractivity contribution is -0.137. The number of halogens is 2. The van der Waals surface area contributed by atoms with Crippen molar-refractivity contribution in [2.24, 2.45) is 0 Å². The van der Waals surface area contributed by atoms with E-state index in [4.69, 9.17) is 5.11 Å². The molecule has 2 N–H and O–H groups in total. The molecule has 6 heteroatoms. The van der Waals surface area contributed by atoms with Gasteiger partial charge in [0.05, 0.1) is 12.5 Å². The first kappa shape index (κ1) is 12.1. The van der Waals surface area contributed by atoms with Gasteiger partial charge in [0.1, 0.15) is 11.6 Å². The number of hydrogen-bond donors (Lipinski definition) is 2. The molecule has 0 aromatic heterocycles. The highest BCUT2D eigenvalue weighted by Crippen LogP contribution is 2.20. The first-order valence-electron chi connectivity index (χ1n) is 4.41. The van der Waals surface area contributed by atoms with E-state index in [1.165, 1.54) is 0 Å². The normalized spacial score (nSPS) is 11.9. The monoisotopic (exact) mass is 229 g/mol. The Labute approximate surface area is 89.9 Å². The Balaban J connectivity index is 3.00. The number of aliphatic carboxylic acids is 1. The van der Waals surface area contributed by atoms with Gasteiger partial charge in [0.15, 0.2) is 0 Å². The Morgan fingerprint density at radius 3 is 2.69 bits per heavy atom. The van der Waals surface area contributed by atoms with Crippen LogP contribution in [0, 0.1) is 11.6 Å². The molecule has 0 aliphatic heterocycles. The lowest BCUT2D eigenvalue weighted by Crippen LogP contribution is -2.23. The summed E-state index contributed by atoms with van der Waals surface area (Å²) in [5.74, 6) is -2.84. The minimum absolute atomic E-state index is 0.0594. The third kappa shape index (κ3) is 3.01. The molecule has 1 rings (SSSR count). The van der Waals surface area contributed by atoms with Crippen molar-refractivity contribution in [2.45, 2.75) is 12.5 Å². The minimum atomic E-state index is -1.19. The van der Waals surface area contributed by atoms with E-state index in [9.17, 15) is 18.4 Å². The van der Waals surface area contributed by atoms with Crippen LogP contribution in [0.3, 0.4) is 0 Å². The van der Waals surface area contributed by atoms with Gasteiger partial charge in [0.25, 0.3) is 0 Å². The van der Waals surface area contributed by atoms with E-state index in [1.807, 2.05) is 0 Å². The van der Waals surface area contributed by atoms with Crippen LogP contribution >= 0.6 is 0 Å². The number of carbonyl (C=O) groups excluding carboxylic acids is 1. The fourth-order valence-electron chi connectivity index (χ4n) is 1.30. The Morgan fingerprint density at radius 1 is 1.50 bits per heavy atom. The summed E-state index contributed by atoms with van der Waals surface area (Å²) in [4.78, 5) is 20.7. The number of benzene rings is 1. The number of carbonyl (C=O) groups is 2. The molecule has 86 valence electrons. The van der Waals surface area contributed by atoms with Gasteiger partial charge in [-0.05, 0) is 6.07 Å². The molecule has 1 amide bonds. The Hall–Kier alpha value is -1.98. The van der Waals surface area contributed by atoms with Crippen LogP contribution < -0.4 is 5.32 Å². The van der Waals surface area contributed by atoms with Crippen molar-refractivity contribution in [3.05, 3.63) is 35.4 Å². The van der Waals surface area contributed by atoms with E-state index >= 15 is 0 Å². The molecule has 0 bridgehead atoms. The molecule has 1 unspecified atom stereocenters. The van der Waals surface area contributed by atoms with E-state index in [2.05, 4.69) is 5.32 Å². The first-order valence-corrected chi connectivity index (χ1v) is 4.41. The number of hydrogen-bond acceptors (Lipinski definition) is 2. The second kappa shape index (κ2) is 5.20. The predicted molar refractivity (Wildman–Crippen MR) is 50.6 cm³/mol. The summed E-state index contributed by atoms with van der Waals surface area (Å²) in [5, 5.41) is 10.7. The molecule has 0 radical (unpaired) electrons. The van der Waals surface area contributed by atoms with E-state index in [-0.39, 0.29) is 12.0 Å². The van der Waals surface area contributed by atoms with Crippen LogP contribution in [-0.2, 0) is 9.59 Å². The molecule has 0 fully saturated rings. The average molecular weight is 229 g/mol. The van der Waals surface area contributed by atoms with Crippen molar-refractivity contribution >= 4 is 12.4 Å². The van der Waals surface area contributed by atoms with Crippen molar-refractivity contribution in [3.63, 3.8) is 0 Å². The van der Waals surface area contributed by atoms with Gasteiger partial charge in [-0.2, -0.15) is 0 Å². The molecule has 0 saturated heterocycles. The zero-order valence-corrected chi connectivity index (χ0v) is 8.11. The van der Waals surface area contributed by atoms with Gasteiger partial charge in [-0.1, -0.05) is 6.07 Å². The van der Waals surface area contributed by atoms with Crippen molar-refractivity contribution in [3.8, 4) is 0 Å². The van der Waals surface area contributed by atoms with Gasteiger partial charge >= 0.3 is 5.97 Å². The van der Waals surface area contributed by atoms with Gasteiger partial charge in [-0.3, -0.25) is 9.59 Å². The van der Waals surface area contributed by atoms with E-state index in [0.717, 1.165) is 12.1 Å². The third-order valence-corrected chi connectivity index (χ3v) is 1.99. The largest absolute Gasteiger partial charge is 0.481 e. The quantitative estimate of drug-likeness (QED) is 0.746. The van der Waals surface area contributed by atoms with Crippen LogP contribution in [0.25, 0.3) is 0 Å². The van der Waals surface area contributed by atoms with Crippen molar-refractivity contribution in [1.29, 1.82) is 0 Å². The van der Waals surface area contributed by atoms with Crippen LogP contribution in [0.1, 0.15) is 18.0 Å². The SMILES string of the molecule is O=CNC(CC(=O)O)c1ccc(F)cc1F. The summed E-state index contributed by atoms with van der Waals surface area (Å²) in [7, 11) is 0. The molecular formula is C10H9F2NO3. The number of carboxylic acid groups (broad SMARTS) is 1. The lowest BCUT2D eigenvalue weighted by Gasteiger charge is -2.14. The maximum Gasteiger partial charge on any atom is 0.305 e. The van der Waals surface area contributed by atoms with Gasteiger partial charge in [-0.15, -0.1) is 0 Å². The number of amides is 1. The number of carboxylic acids is 1. The average Bonchev–Trinajstić information content (AvgIpc) is 2.16. The molecule has 1 aromatic rings. The zero-order valence-electron chi connectivity index (χ0n) is 8.11. The van der Waals surface area contributed by atoms with Crippen LogP contribution in [-0.4, -0.2) is 17.5 Å². The van der Waals surface area contributed by atoms with Gasteiger partial charge in [0, 0.05) is 11.6 Å². The maximum atomic E-state index is 13.3. The summed E-state index contributed by atoms with van der Waals surface area (Å²) in [6.07, 6.45) is -0.197. The van der Waals surface area contributed by atoms with E-state index in [1.54, 1.807) is 0 Å². The highest BCUT2D eigenvalue weighted by atomic mass is 19.1. The maximum absolute atomic E-state index is 13.3.